The highest BCUT2D eigenvalue weighted by Crippen LogP contribution is 2.32. The predicted molar refractivity (Wildman–Crippen MR) is 156 cm³/mol. The number of nitrogens with zero attached hydrogens (tertiary/aromatic N) is 2. The number of hydrogen-bond donors (Lipinski definition) is 2. The molecule has 3 aromatic carbocycles. The molecule has 1 heterocycles. The van der Waals surface area contributed by atoms with Crippen molar-refractivity contribution in [2.75, 3.05) is 0 Å². The summed E-state index contributed by atoms with van der Waals surface area (Å²) in [5.74, 6) is -1.57. The minimum atomic E-state index is -4.44. The van der Waals surface area contributed by atoms with Crippen molar-refractivity contribution in [3.63, 3.8) is 0 Å². The maximum atomic E-state index is 13.1. The Labute approximate surface area is 252 Å². The maximum absolute atomic E-state index is 13.1. The minimum Gasteiger partial charge on any atom is -0.476 e. The second-order valence-electron chi connectivity index (χ2n) is 10.6. The summed E-state index contributed by atoms with van der Waals surface area (Å²) in [6.45, 7) is 0.123. The average Bonchev–Trinajstić information content (AvgIpc) is 3.42. The van der Waals surface area contributed by atoms with E-state index in [1.165, 1.54) is 22.9 Å². The van der Waals surface area contributed by atoms with Gasteiger partial charge in [0, 0.05) is 6.07 Å². The molecule has 2 atom stereocenters. The Morgan fingerprint density at radius 3 is 2.36 bits per heavy atom. The summed E-state index contributed by atoms with van der Waals surface area (Å²) in [6.07, 6.45) is -1.07. The Morgan fingerprint density at radius 2 is 1.64 bits per heavy atom. The highest BCUT2D eigenvalue weighted by Gasteiger charge is 2.30. The fourth-order valence-corrected chi connectivity index (χ4v) is 5.28. The van der Waals surface area contributed by atoms with Crippen LogP contribution in [-0.4, -0.2) is 38.9 Å². The molecular formula is C33H32F3N3O5. The number of ether oxygens (including phenoxy) is 2. The third kappa shape index (κ3) is 7.84. The number of carbonyl (C=O) groups excluding carboxylic acids is 1. The van der Waals surface area contributed by atoms with Crippen molar-refractivity contribution in [1.29, 1.82) is 0 Å². The van der Waals surface area contributed by atoms with Crippen LogP contribution in [0.25, 0.3) is 11.1 Å². The number of carboxylic acids is 1. The molecule has 1 saturated carbocycles. The summed E-state index contributed by atoms with van der Waals surface area (Å²) in [5.41, 5.74) is 1.88. The summed E-state index contributed by atoms with van der Waals surface area (Å²) in [7, 11) is 0. The van der Waals surface area contributed by atoms with Gasteiger partial charge >= 0.3 is 12.1 Å². The number of aromatic nitrogens is 2. The predicted octanol–water partition coefficient (Wildman–Crippen LogP) is 6.49. The Bertz CT molecular complexity index is 1570. The lowest BCUT2D eigenvalue weighted by Gasteiger charge is -2.32. The summed E-state index contributed by atoms with van der Waals surface area (Å²) >= 11 is 0. The maximum Gasteiger partial charge on any atom is 0.416 e. The van der Waals surface area contributed by atoms with E-state index < -0.39 is 17.7 Å². The Balaban J connectivity index is 1.26. The van der Waals surface area contributed by atoms with Crippen molar-refractivity contribution in [2.45, 2.75) is 63.8 Å². The number of benzene rings is 3. The molecule has 230 valence electrons. The highest BCUT2D eigenvalue weighted by molar-refractivity contribution is 5.86. The monoisotopic (exact) mass is 607 g/mol. The number of halogens is 3. The molecule has 0 saturated heterocycles. The van der Waals surface area contributed by atoms with Gasteiger partial charge in [0.25, 0.3) is 0 Å². The zero-order valence-electron chi connectivity index (χ0n) is 23.8. The van der Waals surface area contributed by atoms with E-state index in [-0.39, 0.29) is 42.8 Å². The van der Waals surface area contributed by atoms with Crippen molar-refractivity contribution in [2.24, 2.45) is 0 Å². The van der Waals surface area contributed by atoms with E-state index >= 15 is 0 Å². The van der Waals surface area contributed by atoms with Gasteiger partial charge in [-0.1, -0.05) is 79.6 Å². The number of rotatable bonds is 11. The van der Waals surface area contributed by atoms with Gasteiger partial charge in [-0.05, 0) is 47.2 Å². The number of nitrogens with one attached hydrogen (secondary N) is 1. The summed E-state index contributed by atoms with van der Waals surface area (Å²) in [5, 5.41) is 16.6. The summed E-state index contributed by atoms with van der Waals surface area (Å²) < 4.78 is 52.4. The Hall–Kier alpha value is -4.64. The van der Waals surface area contributed by atoms with Crippen LogP contribution in [0.1, 0.15) is 52.9 Å². The van der Waals surface area contributed by atoms with Crippen LogP contribution in [-0.2, 0) is 35.5 Å². The van der Waals surface area contributed by atoms with Crippen molar-refractivity contribution in [3.8, 4) is 17.0 Å². The van der Waals surface area contributed by atoms with Gasteiger partial charge in [0.2, 0.25) is 11.8 Å². The Morgan fingerprint density at radius 1 is 0.932 bits per heavy atom. The van der Waals surface area contributed by atoms with Crippen LogP contribution in [0.2, 0.25) is 0 Å². The zero-order chi connectivity index (χ0) is 31.1. The van der Waals surface area contributed by atoms with Crippen LogP contribution in [0.5, 0.6) is 5.88 Å². The molecule has 0 bridgehead atoms. The summed E-state index contributed by atoms with van der Waals surface area (Å²) in [4.78, 5) is 24.8. The minimum absolute atomic E-state index is 0.0401. The van der Waals surface area contributed by atoms with E-state index in [1.807, 2.05) is 30.3 Å². The lowest BCUT2D eigenvalue weighted by atomic mass is 9.92. The molecule has 0 aliphatic heterocycles. The number of alkyl halides is 3. The molecule has 2 N–H and O–H groups in total. The van der Waals surface area contributed by atoms with Crippen molar-refractivity contribution >= 4 is 11.9 Å². The molecule has 1 amide bonds. The van der Waals surface area contributed by atoms with Crippen LogP contribution in [0.15, 0.2) is 84.9 Å². The number of amides is 1. The van der Waals surface area contributed by atoms with Crippen LogP contribution < -0.4 is 10.1 Å². The van der Waals surface area contributed by atoms with E-state index in [4.69, 9.17) is 9.47 Å². The molecule has 5 rings (SSSR count). The van der Waals surface area contributed by atoms with Crippen LogP contribution in [0.4, 0.5) is 13.2 Å². The third-order valence-corrected chi connectivity index (χ3v) is 7.53. The van der Waals surface area contributed by atoms with Crippen molar-refractivity contribution < 1.29 is 37.3 Å². The first-order valence-electron chi connectivity index (χ1n) is 14.3. The molecule has 0 spiro atoms. The van der Waals surface area contributed by atoms with E-state index in [9.17, 15) is 27.9 Å². The second kappa shape index (κ2) is 13.8. The van der Waals surface area contributed by atoms with Crippen molar-refractivity contribution in [3.05, 3.63) is 107 Å². The Kier molecular flexibility index (Phi) is 9.64. The molecule has 11 heteroatoms. The van der Waals surface area contributed by atoms with E-state index in [0.717, 1.165) is 43.4 Å². The van der Waals surface area contributed by atoms with Gasteiger partial charge in [0.1, 0.15) is 13.2 Å². The number of carboxylic acid groups (broad SMARTS) is 1. The summed E-state index contributed by atoms with van der Waals surface area (Å²) in [6, 6.07) is 22.7. The molecule has 1 aliphatic carbocycles. The van der Waals surface area contributed by atoms with Crippen LogP contribution in [0.3, 0.4) is 0 Å². The molecule has 1 aromatic heterocycles. The number of aromatic carboxylic acids is 1. The third-order valence-electron chi connectivity index (χ3n) is 7.53. The molecule has 1 aliphatic rings. The van der Waals surface area contributed by atoms with Gasteiger partial charge in [-0.15, -0.1) is 0 Å². The van der Waals surface area contributed by atoms with Gasteiger partial charge < -0.3 is 19.9 Å². The molecule has 44 heavy (non-hydrogen) atoms. The van der Waals surface area contributed by atoms with E-state index in [1.54, 1.807) is 24.3 Å². The fourth-order valence-electron chi connectivity index (χ4n) is 5.28. The average molecular weight is 608 g/mol. The molecule has 0 unspecified atom stereocenters. The second-order valence-corrected chi connectivity index (χ2v) is 10.6. The molecule has 0 radical (unpaired) electrons. The van der Waals surface area contributed by atoms with Gasteiger partial charge in [0.05, 0.1) is 24.3 Å². The fraction of sp³-hybridized carbons (Fsp3) is 0.303. The van der Waals surface area contributed by atoms with Gasteiger partial charge in [-0.25, -0.2) is 9.48 Å². The van der Waals surface area contributed by atoms with Crippen molar-refractivity contribution in [1.82, 2.24) is 15.1 Å². The van der Waals surface area contributed by atoms with Gasteiger partial charge in [-0.3, -0.25) is 4.79 Å². The smallest absolute Gasteiger partial charge is 0.416 e. The molecule has 8 nitrogen and oxygen atoms in total. The van der Waals surface area contributed by atoms with E-state index in [0.29, 0.717) is 23.3 Å². The molecule has 1 fully saturated rings. The first-order chi connectivity index (χ1) is 21.2. The largest absolute Gasteiger partial charge is 0.476 e. The molecular weight excluding hydrogens is 575 g/mol. The van der Waals surface area contributed by atoms with Gasteiger partial charge in [0.15, 0.2) is 5.69 Å². The SMILES string of the molecule is O=C(Cn1nc(C(=O)O)cc1OCc1ccccc1-c1ccc(C(F)(F)F)cc1)N[C@@H]1CCCC[C@@H]1OCc1ccccc1. The first kappa shape index (κ1) is 30.8. The quantitative estimate of drug-likeness (QED) is 0.202. The van der Waals surface area contributed by atoms with Crippen LogP contribution in [0, 0.1) is 0 Å². The zero-order valence-corrected chi connectivity index (χ0v) is 23.8. The lowest BCUT2D eigenvalue weighted by Crippen LogP contribution is -2.47. The highest BCUT2D eigenvalue weighted by atomic mass is 19.4. The normalized spacial score (nSPS) is 16.8. The number of carbonyl (C=O) groups is 2. The first-order valence-corrected chi connectivity index (χ1v) is 14.3. The topological polar surface area (TPSA) is 103 Å². The van der Waals surface area contributed by atoms with Crippen LogP contribution >= 0.6 is 0 Å². The molecule has 4 aromatic rings. The lowest BCUT2D eigenvalue weighted by molar-refractivity contribution is -0.137. The number of hydrogen-bond acceptors (Lipinski definition) is 5. The standard InChI is InChI=1S/C33H32F3N3O5/c34-33(35,36)25-16-14-23(15-17-25)26-11-5-4-10-24(26)21-44-31-18-28(32(41)42)38-39(31)19-30(40)37-27-12-6-7-13-29(27)43-20-22-8-2-1-3-9-22/h1-5,8-11,14-18,27,29H,6-7,12-13,19-21H2,(H,37,40)(H,41,42)/t27-,29+/m1/s1. The van der Waals surface area contributed by atoms with Gasteiger partial charge in [-0.2, -0.15) is 18.3 Å². The van der Waals surface area contributed by atoms with E-state index in [2.05, 4.69) is 10.4 Å².